The van der Waals surface area contributed by atoms with E-state index in [9.17, 15) is 5.26 Å². The number of benzene rings is 1. The Labute approximate surface area is 115 Å². The van der Waals surface area contributed by atoms with Crippen LogP contribution in [-0.2, 0) is 6.42 Å². The molecule has 0 spiro atoms. The van der Waals surface area contributed by atoms with E-state index >= 15 is 0 Å². The van der Waals surface area contributed by atoms with Crippen molar-refractivity contribution in [3.63, 3.8) is 0 Å². The van der Waals surface area contributed by atoms with Crippen LogP contribution in [0.5, 0.6) is 0 Å². The van der Waals surface area contributed by atoms with Crippen LogP contribution in [0.2, 0.25) is 0 Å². The van der Waals surface area contributed by atoms with E-state index in [1.807, 2.05) is 38.1 Å². The molecule has 1 aromatic heterocycles. The molecule has 0 N–H and O–H groups in total. The monoisotopic (exact) mass is 304 g/mol. The summed E-state index contributed by atoms with van der Waals surface area (Å²) >= 11 is 3.40. The number of nitriles is 1. The molecular weight excluding hydrogens is 292 g/mol. The van der Waals surface area contributed by atoms with E-state index in [1.54, 1.807) is 0 Å². The molecular formula is C14H13BrN2O. The van der Waals surface area contributed by atoms with Gasteiger partial charge in [-0.25, -0.2) is 0 Å². The minimum atomic E-state index is -0.211. The van der Waals surface area contributed by atoms with Crippen molar-refractivity contribution in [1.29, 1.82) is 5.26 Å². The van der Waals surface area contributed by atoms with Crippen LogP contribution >= 0.6 is 15.9 Å². The van der Waals surface area contributed by atoms with Gasteiger partial charge in [0.15, 0.2) is 0 Å². The third-order valence-electron chi connectivity index (χ3n) is 2.95. The van der Waals surface area contributed by atoms with Crippen molar-refractivity contribution in [3.8, 4) is 6.07 Å². The topological polar surface area (TPSA) is 49.8 Å². The lowest BCUT2D eigenvalue weighted by Crippen LogP contribution is -2.02. The number of nitrogens with zero attached hydrogens (tertiary/aromatic N) is 2. The average molecular weight is 305 g/mol. The molecule has 0 radical (unpaired) electrons. The second-order valence-electron chi connectivity index (χ2n) is 4.25. The van der Waals surface area contributed by atoms with Crippen LogP contribution in [0.15, 0.2) is 33.3 Å². The van der Waals surface area contributed by atoms with Crippen LogP contribution in [-0.4, -0.2) is 5.16 Å². The highest BCUT2D eigenvalue weighted by atomic mass is 79.9. The quantitative estimate of drug-likeness (QED) is 0.864. The zero-order valence-corrected chi connectivity index (χ0v) is 11.9. The van der Waals surface area contributed by atoms with Crippen molar-refractivity contribution in [1.82, 2.24) is 5.16 Å². The van der Waals surface area contributed by atoms with Crippen LogP contribution in [0.25, 0.3) is 0 Å². The smallest absolute Gasteiger partial charge is 0.138 e. The highest BCUT2D eigenvalue weighted by molar-refractivity contribution is 9.10. The zero-order chi connectivity index (χ0) is 13.1. The van der Waals surface area contributed by atoms with E-state index in [2.05, 4.69) is 27.2 Å². The fourth-order valence-electron chi connectivity index (χ4n) is 2.06. The van der Waals surface area contributed by atoms with Gasteiger partial charge in [-0.05, 0) is 38.0 Å². The molecule has 2 aromatic rings. The van der Waals surface area contributed by atoms with Gasteiger partial charge in [0, 0.05) is 10.0 Å². The number of aromatic nitrogens is 1. The van der Waals surface area contributed by atoms with Gasteiger partial charge in [-0.2, -0.15) is 5.26 Å². The lowest BCUT2D eigenvalue weighted by molar-refractivity contribution is 0.392. The molecule has 2 rings (SSSR count). The summed E-state index contributed by atoms with van der Waals surface area (Å²) in [6.45, 7) is 3.72. The van der Waals surface area contributed by atoms with Gasteiger partial charge in [0.05, 0.1) is 17.7 Å². The fourth-order valence-corrected chi connectivity index (χ4v) is 2.32. The Morgan fingerprint density at radius 1 is 1.33 bits per heavy atom. The molecule has 1 atom stereocenters. The molecule has 1 heterocycles. The molecule has 0 aliphatic carbocycles. The van der Waals surface area contributed by atoms with Crippen molar-refractivity contribution < 1.29 is 4.52 Å². The van der Waals surface area contributed by atoms with E-state index in [0.717, 1.165) is 27.1 Å². The molecule has 0 saturated heterocycles. The van der Waals surface area contributed by atoms with E-state index in [-0.39, 0.29) is 5.92 Å². The van der Waals surface area contributed by atoms with Gasteiger partial charge in [0.1, 0.15) is 5.76 Å². The van der Waals surface area contributed by atoms with E-state index < -0.39 is 0 Å². The van der Waals surface area contributed by atoms with Gasteiger partial charge in [0.25, 0.3) is 0 Å². The van der Waals surface area contributed by atoms with E-state index in [0.29, 0.717) is 6.42 Å². The normalized spacial score (nSPS) is 12.1. The largest absolute Gasteiger partial charge is 0.361 e. The predicted molar refractivity (Wildman–Crippen MR) is 72.2 cm³/mol. The Morgan fingerprint density at radius 3 is 2.50 bits per heavy atom. The second-order valence-corrected chi connectivity index (χ2v) is 5.17. The molecule has 1 aromatic carbocycles. The first-order valence-electron chi connectivity index (χ1n) is 5.68. The Morgan fingerprint density at radius 2 is 2.00 bits per heavy atom. The summed E-state index contributed by atoms with van der Waals surface area (Å²) in [6.07, 6.45) is 0.673. The Kier molecular flexibility index (Phi) is 3.83. The Hall–Kier alpha value is -1.60. The highest BCUT2D eigenvalue weighted by Crippen LogP contribution is 2.26. The fraction of sp³-hybridized carbons (Fsp3) is 0.286. The Bertz CT molecular complexity index is 561. The molecule has 0 fully saturated rings. The molecule has 3 nitrogen and oxygen atoms in total. The van der Waals surface area contributed by atoms with Gasteiger partial charge >= 0.3 is 0 Å². The second kappa shape index (κ2) is 5.36. The van der Waals surface area contributed by atoms with Gasteiger partial charge in [-0.1, -0.05) is 33.2 Å². The van der Waals surface area contributed by atoms with E-state index in [4.69, 9.17) is 4.52 Å². The third-order valence-corrected chi connectivity index (χ3v) is 3.47. The lowest BCUT2D eigenvalue weighted by atomic mass is 9.92. The number of hydrogen-bond acceptors (Lipinski definition) is 3. The lowest BCUT2D eigenvalue weighted by Gasteiger charge is -2.08. The van der Waals surface area contributed by atoms with Crippen molar-refractivity contribution in [2.75, 3.05) is 0 Å². The van der Waals surface area contributed by atoms with Crippen molar-refractivity contribution in [2.24, 2.45) is 0 Å². The van der Waals surface area contributed by atoms with Gasteiger partial charge in [0.2, 0.25) is 0 Å². The summed E-state index contributed by atoms with van der Waals surface area (Å²) in [5.74, 6) is 0.522. The summed E-state index contributed by atoms with van der Waals surface area (Å²) in [5.41, 5.74) is 2.85. The first kappa shape index (κ1) is 12.8. The minimum absolute atomic E-state index is 0.211. The number of rotatable bonds is 3. The molecule has 18 heavy (non-hydrogen) atoms. The molecule has 1 unspecified atom stereocenters. The molecule has 0 saturated carbocycles. The van der Waals surface area contributed by atoms with Crippen LogP contribution < -0.4 is 0 Å². The van der Waals surface area contributed by atoms with Crippen LogP contribution in [0, 0.1) is 25.2 Å². The standard InChI is InChI=1S/C14H13BrN2O/c1-9-14(10(2)18-17-9)12(8-16)7-11-3-5-13(15)6-4-11/h3-6,12H,7H2,1-2H3. The maximum Gasteiger partial charge on any atom is 0.138 e. The molecule has 0 amide bonds. The van der Waals surface area contributed by atoms with Crippen LogP contribution in [0.4, 0.5) is 0 Å². The highest BCUT2D eigenvalue weighted by Gasteiger charge is 2.20. The van der Waals surface area contributed by atoms with E-state index in [1.165, 1.54) is 0 Å². The average Bonchev–Trinajstić information content (AvgIpc) is 2.69. The number of halogens is 1. The summed E-state index contributed by atoms with van der Waals surface area (Å²) in [6, 6.07) is 10.3. The van der Waals surface area contributed by atoms with Crippen LogP contribution in [0.3, 0.4) is 0 Å². The SMILES string of the molecule is Cc1noc(C)c1C(C#N)Cc1ccc(Br)cc1. The summed E-state index contributed by atoms with van der Waals surface area (Å²) in [5, 5.41) is 13.2. The van der Waals surface area contributed by atoms with Crippen molar-refractivity contribution >= 4 is 15.9 Å². The minimum Gasteiger partial charge on any atom is -0.361 e. The number of hydrogen-bond donors (Lipinski definition) is 0. The molecule has 0 aliphatic rings. The van der Waals surface area contributed by atoms with Crippen molar-refractivity contribution in [2.45, 2.75) is 26.2 Å². The Balaban J connectivity index is 2.26. The maximum absolute atomic E-state index is 9.33. The predicted octanol–water partition coefficient (Wildman–Crippen LogP) is 3.90. The van der Waals surface area contributed by atoms with Crippen molar-refractivity contribution in [3.05, 3.63) is 51.3 Å². The molecule has 0 bridgehead atoms. The first-order valence-corrected chi connectivity index (χ1v) is 6.48. The summed E-state index contributed by atoms with van der Waals surface area (Å²) in [7, 11) is 0. The summed E-state index contributed by atoms with van der Waals surface area (Å²) < 4.78 is 6.17. The number of aryl methyl sites for hydroxylation is 2. The zero-order valence-electron chi connectivity index (χ0n) is 10.3. The molecule has 4 heteroatoms. The molecule has 0 aliphatic heterocycles. The van der Waals surface area contributed by atoms with Crippen LogP contribution in [0.1, 0.15) is 28.5 Å². The summed E-state index contributed by atoms with van der Waals surface area (Å²) in [4.78, 5) is 0. The van der Waals surface area contributed by atoms with Gasteiger partial charge in [-0.15, -0.1) is 0 Å². The first-order chi connectivity index (χ1) is 8.61. The van der Waals surface area contributed by atoms with Gasteiger partial charge in [-0.3, -0.25) is 0 Å². The maximum atomic E-state index is 9.33. The molecule has 92 valence electrons. The van der Waals surface area contributed by atoms with Gasteiger partial charge < -0.3 is 4.52 Å². The third kappa shape index (κ3) is 2.62.